The summed E-state index contributed by atoms with van der Waals surface area (Å²) in [6, 6.07) is 15.8. The summed E-state index contributed by atoms with van der Waals surface area (Å²) in [5.74, 6) is -0.861. The van der Waals surface area contributed by atoms with Crippen LogP contribution in [0.5, 0.6) is 0 Å². The molecule has 0 radical (unpaired) electrons. The predicted molar refractivity (Wildman–Crippen MR) is 105 cm³/mol. The lowest BCUT2D eigenvalue weighted by atomic mass is 10.2. The summed E-state index contributed by atoms with van der Waals surface area (Å²) < 4.78 is 4.96. The van der Waals surface area contributed by atoms with Gasteiger partial charge in [0.2, 0.25) is 11.8 Å². The number of ether oxygens (including phenoxy) is 1. The van der Waals surface area contributed by atoms with Gasteiger partial charge in [-0.25, -0.2) is 4.79 Å². The molecule has 2 rings (SSSR count). The second kappa shape index (κ2) is 9.52. The number of likely N-dealkylation sites (N-methyl/N-ethyl adjacent to an activating group) is 1. The van der Waals surface area contributed by atoms with Gasteiger partial charge in [0.05, 0.1) is 12.2 Å². The molecule has 6 heteroatoms. The van der Waals surface area contributed by atoms with E-state index in [2.05, 4.69) is 0 Å². The van der Waals surface area contributed by atoms with Gasteiger partial charge in [0.15, 0.2) is 0 Å². The van der Waals surface area contributed by atoms with Crippen molar-refractivity contribution in [3.63, 3.8) is 0 Å². The van der Waals surface area contributed by atoms with Crippen molar-refractivity contribution in [3.05, 3.63) is 60.2 Å². The maximum absolute atomic E-state index is 12.8. The van der Waals surface area contributed by atoms with Crippen LogP contribution in [0, 0.1) is 0 Å². The quantitative estimate of drug-likeness (QED) is 0.704. The van der Waals surface area contributed by atoms with Crippen LogP contribution >= 0.6 is 0 Å². The van der Waals surface area contributed by atoms with E-state index in [0.29, 0.717) is 24.4 Å². The van der Waals surface area contributed by atoms with Crippen LogP contribution in [-0.4, -0.2) is 37.5 Å². The first-order chi connectivity index (χ1) is 13.0. The number of esters is 1. The van der Waals surface area contributed by atoms with Gasteiger partial charge >= 0.3 is 5.97 Å². The number of hydrogen-bond acceptors (Lipinski definition) is 4. The van der Waals surface area contributed by atoms with Crippen LogP contribution in [0.15, 0.2) is 54.6 Å². The molecular weight excluding hydrogens is 344 g/mol. The van der Waals surface area contributed by atoms with Crippen molar-refractivity contribution in [2.45, 2.75) is 20.8 Å². The third kappa shape index (κ3) is 5.17. The van der Waals surface area contributed by atoms with Crippen molar-refractivity contribution in [2.24, 2.45) is 0 Å². The molecule has 0 fully saturated rings. The van der Waals surface area contributed by atoms with E-state index in [1.54, 1.807) is 36.1 Å². The minimum absolute atomic E-state index is 0.0865. The first-order valence-corrected chi connectivity index (χ1v) is 8.88. The minimum atomic E-state index is -0.421. The fraction of sp³-hybridized carbons (Fsp3) is 0.286. The van der Waals surface area contributed by atoms with Crippen LogP contribution < -0.4 is 9.80 Å². The summed E-state index contributed by atoms with van der Waals surface area (Å²) in [5.41, 5.74) is 1.73. The Balaban J connectivity index is 2.18. The van der Waals surface area contributed by atoms with Gasteiger partial charge in [0.25, 0.3) is 0 Å². The third-order valence-corrected chi connectivity index (χ3v) is 4.05. The monoisotopic (exact) mass is 368 g/mol. The molecule has 2 amide bonds. The van der Waals surface area contributed by atoms with Gasteiger partial charge in [-0.15, -0.1) is 0 Å². The number of carbonyl (C=O) groups excluding carboxylic acids is 3. The van der Waals surface area contributed by atoms with Crippen LogP contribution in [0.2, 0.25) is 0 Å². The van der Waals surface area contributed by atoms with Crippen molar-refractivity contribution in [1.82, 2.24) is 0 Å². The van der Waals surface area contributed by atoms with Crippen molar-refractivity contribution in [2.75, 3.05) is 29.5 Å². The minimum Gasteiger partial charge on any atom is -0.462 e. The number of benzene rings is 2. The van der Waals surface area contributed by atoms with Crippen LogP contribution in [-0.2, 0) is 14.3 Å². The molecule has 0 saturated heterocycles. The summed E-state index contributed by atoms with van der Waals surface area (Å²) in [5, 5.41) is 0. The number of hydrogen-bond donors (Lipinski definition) is 0. The molecule has 0 aliphatic carbocycles. The third-order valence-electron chi connectivity index (χ3n) is 4.05. The van der Waals surface area contributed by atoms with Crippen molar-refractivity contribution in [1.29, 1.82) is 0 Å². The molecule has 0 atom stereocenters. The van der Waals surface area contributed by atoms with Gasteiger partial charge in [-0.1, -0.05) is 18.2 Å². The van der Waals surface area contributed by atoms with E-state index in [1.165, 1.54) is 11.8 Å². The lowest BCUT2D eigenvalue weighted by Gasteiger charge is -2.26. The lowest BCUT2D eigenvalue weighted by molar-refractivity contribution is -0.121. The van der Waals surface area contributed by atoms with Gasteiger partial charge in [-0.05, 0) is 50.2 Å². The number of amides is 2. The Morgan fingerprint density at radius 3 is 1.96 bits per heavy atom. The summed E-state index contributed by atoms with van der Waals surface area (Å²) in [4.78, 5) is 39.7. The molecule has 0 aliphatic heterocycles. The largest absolute Gasteiger partial charge is 0.462 e. The number of anilines is 2. The topological polar surface area (TPSA) is 66.9 Å². The van der Waals surface area contributed by atoms with E-state index >= 15 is 0 Å². The van der Waals surface area contributed by atoms with Crippen molar-refractivity contribution >= 4 is 29.2 Å². The maximum atomic E-state index is 12.8. The van der Waals surface area contributed by atoms with E-state index in [1.807, 2.05) is 37.3 Å². The summed E-state index contributed by atoms with van der Waals surface area (Å²) >= 11 is 0. The molecule has 27 heavy (non-hydrogen) atoms. The second-order valence-corrected chi connectivity index (χ2v) is 5.85. The standard InChI is InChI=1S/C21H24N2O4/c1-4-22(18-9-7-6-8-10-18)20(25)15-23(16(3)24)19-13-11-17(12-14-19)21(26)27-5-2/h6-14H,4-5,15H2,1-3H3. The molecular formula is C21H24N2O4. The van der Waals surface area contributed by atoms with Crippen LogP contribution in [0.25, 0.3) is 0 Å². The molecule has 0 N–H and O–H groups in total. The average Bonchev–Trinajstić information content (AvgIpc) is 2.67. The lowest BCUT2D eigenvalue weighted by Crippen LogP contribution is -2.42. The fourth-order valence-electron chi connectivity index (χ4n) is 2.71. The Bertz CT molecular complexity index is 788. The Morgan fingerprint density at radius 1 is 0.852 bits per heavy atom. The number of nitrogens with zero attached hydrogens (tertiary/aromatic N) is 2. The molecule has 0 aliphatic rings. The summed E-state index contributed by atoms with van der Waals surface area (Å²) in [7, 11) is 0. The Hall–Kier alpha value is -3.15. The summed E-state index contributed by atoms with van der Waals surface area (Å²) in [6.45, 7) is 5.73. The number of carbonyl (C=O) groups is 3. The highest BCUT2D eigenvalue weighted by Gasteiger charge is 2.21. The van der Waals surface area contributed by atoms with Gasteiger partial charge in [0, 0.05) is 24.8 Å². The number of rotatable bonds is 7. The predicted octanol–water partition coefficient (Wildman–Crippen LogP) is 3.27. The van der Waals surface area contributed by atoms with E-state index in [4.69, 9.17) is 4.74 Å². The molecule has 0 spiro atoms. The highest BCUT2D eigenvalue weighted by Crippen LogP contribution is 2.18. The SMILES string of the molecule is CCOC(=O)c1ccc(N(CC(=O)N(CC)c2ccccc2)C(C)=O)cc1. The molecule has 0 unspecified atom stereocenters. The second-order valence-electron chi connectivity index (χ2n) is 5.85. The highest BCUT2D eigenvalue weighted by molar-refractivity contribution is 6.03. The molecule has 0 saturated carbocycles. The molecule has 142 valence electrons. The zero-order valence-electron chi connectivity index (χ0n) is 15.8. The Labute approximate surface area is 159 Å². The van der Waals surface area contributed by atoms with E-state index in [9.17, 15) is 14.4 Å². The van der Waals surface area contributed by atoms with Crippen LogP contribution in [0.3, 0.4) is 0 Å². The Kier molecular flexibility index (Phi) is 7.11. The molecule has 2 aromatic rings. The van der Waals surface area contributed by atoms with E-state index in [0.717, 1.165) is 5.69 Å². The first kappa shape index (κ1) is 20.2. The molecule has 0 aromatic heterocycles. The van der Waals surface area contributed by atoms with E-state index in [-0.39, 0.29) is 18.4 Å². The zero-order chi connectivity index (χ0) is 19.8. The van der Waals surface area contributed by atoms with Gasteiger partial charge in [-0.3, -0.25) is 9.59 Å². The van der Waals surface area contributed by atoms with Gasteiger partial charge < -0.3 is 14.5 Å². The van der Waals surface area contributed by atoms with Crippen LogP contribution in [0.4, 0.5) is 11.4 Å². The van der Waals surface area contributed by atoms with E-state index < -0.39 is 5.97 Å². The Morgan fingerprint density at radius 2 is 1.44 bits per heavy atom. The summed E-state index contributed by atoms with van der Waals surface area (Å²) in [6.07, 6.45) is 0. The van der Waals surface area contributed by atoms with Crippen molar-refractivity contribution in [3.8, 4) is 0 Å². The highest BCUT2D eigenvalue weighted by atomic mass is 16.5. The molecule has 6 nitrogen and oxygen atoms in total. The first-order valence-electron chi connectivity index (χ1n) is 8.88. The van der Waals surface area contributed by atoms with Crippen LogP contribution in [0.1, 0.15) is 31.1 Å². The van der Waals surface area contributed by atoms with Crippen molar-refractivity contribution < 1.29 is 19.1 Å². The van der Waals surface area contributed by atoms with Gasteiger partial charge in [0.1, 0.15) is 6.54 Å². The molecule has 2 aromatic carbocycles. The maximum Gasteiger partial charge on any atom is 0.338 e. The van der Waals surface area contributed by atoms with Gasteiger partial charge in [-0.2, -0.15) is 0 Å². The normalized spacial score (nSPS) is 10.2. The average molecular weight is 368 g/mol. The smallest absolute Gasteiger partial charge is 0.338 e. The fourth-order valence-corrected chi connectivity index (χ4v) is 2.71. The molecule has 0 bridgehead atoms. The number of para-hydroxylation sites is 1. The molecule has 0 heterocycles. The zero-order valence-corrected chi connectivity index (χ0v) is 15.8.